The first kappa shape index (κ1) is 12.4. The molecular formula is C16H15N3O. The lowest BCUT2D eigenvalue weighted by molar-refractivity contribution is 0.102. The fourth-order valence-electron chi connectivity index (χ4n) is 2.20. The van der Waals surface area contributed by atoms with Crippen molar-refractivity contribution in [2.24, 2.45) is 0 Å². The Morgan fingerprint density at radius 3 is 2.80 bits per heavy atom. The highest BCUT2D eigenvalue weighted by atomic mass is 16.1. The van der Waals surface area contributed by atoms with Crippen LogP contribution in [0.25, 0.3) is 11.0 Å². The lowest BCUT2D eigenvalue weighted by Gasteiger charge is -2.06. The Bertz CT molecular complexity index is 789. The topological polar surface area (TPSA) is 57.8 Å². The van der Waals surface area contributed by atoms with Gasteiger partial charge in [-0.1, -0.05) is 12.1 Å². The number of hydrogen-bond acceptors (Lipinski definition) is 2. The minimum Gasteiger partial charge on any atom is -0.342 e. The minimum absolute atomic E-state index is 0.121. The van der Waals surface area contributed by atoms with Crippen molar-refractivity contribution < 1.29 is 4.79 Å². The molecule has 0 saturated carbocycles. The molecule has 0 saturated heterocycles. The maximum absolute atomic E-state index is 12.2. The molecule has 0 unspecified atom stereocenters. The summed E-state index contributed by atoms with van der Waals surface area (Å²) in [7, 11) is 0. The van der Waals surface area contributed by atoms with Gasteiger partial charge >= 0.3 is 0 Å². The van der Waals surface area contributed by atoms with Gasteiger partial charge in [0, 0.05) is 11.3 Å². The first-order valence-corrected chi connectivity index (χ1v) is 6.46. The van der Waals surface area contributed by atoms with Crippen LogP contribution >= 0.6 is 0 Å². The largest absolute Gasteiger partial charge is 0.342 e. The molecule has 0 fully saturated rings. The number of amides is 1. The summed E-state index contributed by atoms with van der Waals surface area (Å²) in [6.07, 6.45) is 0. The number of carbonyl (C=O) groups is 1. The number of imidazole rings is 1. The zero-order valence-electron chi connectivity index (χ0n) is 11.4. The van der Waals surface area contributed by atoms with E-state index < -0.39 is 0 Å². The van der Waals surface area contributed by atoms with Crippen LogP contribution in [0.5, 0.6) is 0 Å². The molecule has 20 heavy (non-hydrogen) atoms. The highest BCUT2D eigenvalue weighted by Gasteiger charge is 2.08. The Morgan fingerprint density at radius 2 is 2.00 bits per heavy atom. The summed E-state index contributed by atoms with van der Waals surface area (Å²) in [5, 5.41) is 2.90. The van der Waals surface area contributed by atoms with Crippen molar-refractivity contribution in [3.63, 3.8) is 0 Å². The molecule has 2 aromatic carbocycles. The number of aryl methyl sites for hydroxylation is 2. The Labute approximate surface area is 116 Å². The molecule has 1 amide bonds. The lowest BCUT2D eigenvalue weighted by Crippen LogP contribution is -2.11. The molecule has 0 radical (unpaired) electrons. The van der Waals surface area contributed by atoms with E-state index in [2.05, 4.69) is 15.3 Å². The molecule has 0 aliphatic rings. The van der Waals surface area contributed by atoms with Crippen LogP contribution < -0.4 is 5.32 Å². The van der Waals surface area contributed by atoms with Crippen molar-refractivity contribution in [1.29, 1.82) is 0 Å². The Morgan fingerprint density at radius 1 is 1.15 bits per heavy atom. The van der Waals surface area contributed by atoms with E-state index in [-0.39, 0.29) is 5.91 Å². The summed E-state index contributed by atoms with van der Waals surface area (Å²) in [4.78, 5) is 19.7. The molecule has 3 aromatic rings. The summed E-state index contributed by atoms with van der Waals surface area (Å²) in [5.74, 6) is 0.723. The number of aromatic nitrogens is 2. The average molecular weight is 265 g/mol. The van der Waals surface area contributed by atoms with E-state index in [1.807, 2.05) is 50.2 Å². The van der Waals surface area contributed by atoms with Crippen molar-refractivity contribution in [1.82, 2.24) is 9.97 Å². The van der Waals surface area contributed by atoms with E-state index in [0.29, 0.717) is 5.56 Å². The van der Waals surface area contributed by atoms with Crippen molar-refractivity contribution >= 4 is 22.6 Å². The molecule has 0 bridgehead atoms. The molecular weight excluding hydrogens is 250 g/mol. The lowest BCUT2D eigenvalue weighted by atomic mass is 10.1. The number of benzene rings is 2. The van der Waals surface area contributed by atoms with Crippen LogP contribution in [0.15, 0.2) is 42.5 Å². The number of carbonyl (C=O) groups excluding carboxylic acids is 1. The quantitative estimate of drug-likeness (QED) is 0.745. The van der Waals surface area contributed by atoms with E-state index in [4.69, 9.17) is 0 Å². The SMILES string of the molecule is Cc1cccc(NC(=O)c2ccc3nc(C)[nH]c3c2)c1. The summed E-state index contributed by atoms with van der Waals surface area (Å²) < 4.78 is 0. The molecule has 3 rings (SSSR count). The Kier molecular flexibility index (Phi) is 2.99. The van der Waals surface area contributed by atoms with Gasteiger partial charge < -0.3 is 10.3 Å². The summed E-state index contributed by atoms with van der Waals surface area (Å²) in [5.41, 5.74) is 4.27. The monoisotopic (exact) mass is 265 g/mol. The van der Waals surface area contributed by atoms with Gasteiger partial charge in [-0.15, -0.1) is 0 Å². The Hall–Kier alpha value is -2.62. The van der Waals surface area contributed by atoms with E-state index >= 15 is 0 Å². The van der Waals surface area contributed by atoms with E-state index in [9.17, 15) is 4.79 Å². The number of H-pyrrole nitrogens is 1. The number of nitrogens with one attached hydrogen (secondary N) is 2. The van der Waals surface area contributed by atoms with Gasteiger partial charge in [0.2, 0.25) is 0 Å². The van der Waals surface area contributed by atoms with Gasteiger partial charge in [0.1, 0.15) is 5.82 Å². The smallest absolute Gasteiger partial charge is 0.255 e. The van der Waals surface area contributed by atoms with E-state index in [1.54, 1.807) is 6.07 Å². The van der Waals surface area contributed by atoms with Gasteiger partial charge in [-0.2, -0.15) is 0 Å². The summed E-state index contributed by atoms with van der Waals surface area (Å²) >= 11 is 0. The van der Waals surface area contributed by atoms with E-state index in [0.717, 1.165) is 28.1 Å². The van der Waals surface area contributed by atoms with Crippen molar-refractivity contribution in [2.45, 2.75) is 13.8 Å². The van der Waals surface area contributed by atoms with Gasteiger partial charge in [0.25, 0.3) is 5.91 Å². The zero-order chi connectivity index (χ0) is 14.1. The van der Waals surface area contributed by atoms with Gasteiger partial charge in [-0.25, -0.2) is 4.98 Å². The second-order valence-electron chi connectivity index (χ2n) is 4.88. The summed E-state index contributed by atoms with van der Waals surface area (Å²) in [6.45, 7) is 3.89. The van der Waals surface area contributed by atoms with Crippen LogP contribution in [-0.2, 0) is 0 Å². The van der Waals surface area contributed by atoms with E-state index in [1.165, 1.54) is 0 Å². The van der Waals surface area contributed by atoms with Gasteiger partial charge in [0.15, 0.2) is 0 Å². The van der Waals surface area contributed by atoms with Crippen molar-refractivity contribution in [3.05, 3.63) is 59.4 Å². The predicted molar refractivity (Wildman–Crippen MR) is 80.0 cm³/mol. The summed E-state index contributed by atoms with van der Waals surface area (Å²) in [6, 6.07) is 13.2. The highest BCUT2D eigenvalue weighted by Crippen LogP contribution is 2.16. The molecule has 4 nitrogen and oxygen atoms in total. The van der Waals surface area contributed by atoms with Crippen LogP contribution in [0.3, 0.4) is 0 Å². The minimum atomic E-state index is -0.121. The van der Waals surface area contributed by atoms with Crippen molar-refractivity contribution in [2.75, 3.05) is 5.32 Å². The third-order valence-electron chi connectivity index (χ3n) is 3.14. The fraction of sp³-hybridized carbons (Fsp3) is 0.125. The van der Waals surface area contributed by atoms with Crippen LogP contribution in [0.4, 0.5) is 5.69 Å². The third-order valence-corrected chi connectivity index (χ3v) is 3.14. The number of nitrogens with zero attached hydrogens (tertiary/aromatic N) is 1. The highest BCUT2D eigenvalue weighted by molar-refractivity contribution is 6.05. The van der Waals surface area contributed by atoms with Crippen molar-refractivity contribution in [3.8, 4) is 0 Å². The normalized spacial score (nSPS) is 10.7. The van der Waals surface area contributed by atoms with Gasteiger partial charge in [-0.3, -0.25) is 4.79 Å². The van der Waals surface area contributed by atoms with Crippen LogP contribution in [0.2, 0.25) is 0 Å². The molecule has 1 aromatic heterocycles. The number of anilines is 1. The van der Waals surface area contributed by atoms with Crippen LogP contribution in [0.1, 0.15) is 21.7 Å². The number of hydrogen-bond donors (Lipinski definition) is 2. The maximum Gasteiger partial charge on any atom is 0.255 e. The molecule has 0 spiro atoms. The zero-order valence-corrected chi connectivity index (χ0v) is 11.4. The third kappa shape index (κ3) is 2.40. The molecule has 1 heterocycles. The van der Waals surface area contributed by atoms with Gasteiger partial charge in [-0.05, 0) is 49.7 Å². The second-order valence-corrected chi connectivity index (χ2v) is 4.88. The molecule has 100 valence electrons. The predicted octanol–water partition coefficient (Wildman–Crippen LogP) is 3.43. The molecule has 0 atom stereocenters. The maximum atomic E-state index is 12.2. The number of aromatic amines is 1. The van der Waals surface area contributed by atoms with Crippen LogP contribution in [-0.4, -0.2) is 15.9 Å². The molecule has 0 aliphatic carbocycles. The molecule has 4 heteroatoms. The average Bonchev–Trinajstić information content (AvgIpc) is 2.77. The molecule has 2 N–H and O–H groups in total. The number of rotatable bonds is 2. The first-order valence-electron chi connectivity index (χ1n) is 6.46. The second kappa shape index (κ2) is 4.81. The van der Waals surface area contributed by atoms with Crippen LogP contribution in [0, 0.1) is 13.8 Å². The van der Waals surface area contributed by atoms with Gasteiger partial charge in [0.05, 0.1) is 11.0 Å². The standard InChI is InChI=1S/C16H15N3O/c1-10-4-3-5-13(8-10)19-16(20)12-6-7-14-15(9-12)18-11(2)17-14/h3-9H,1-2H3,(H,17,18)(H,19,20). The number of fused-ring (bicyclic) bond motifs is 1. The fourth-order valence-corrected chi connectivity index (χ4v) is 2.20. The Balaban J connectivity index is 1.88. The molecule has 0 aliphatic heterocycles. The first-order chi connectivity index (χ1) is 9.61.